The second-order valence-corrected chi connectivity index (χ2v) is 12.9. The van der Waals surface area contributed by atoms with Gasteiger partial charge in [0.05, 0.1) is 5.69 Å². The Labute approximate surface area is 281 Å². The lowest BCUT2D eigenvalue weighted by Crippen LogP contribution is -2.54. The number of nitriles is 1. The number of amides is 2. The highest BCUT2D eigenvalue weighted by molar-refractivity contribution is 7.16. The highest BCUT2D eigenvalue weighted by atomic mass is 32.1. The molecular formula is C34H36FN11OS. The van der Waals surface area contributed by atoms with Gasteiger partial charge in [0.15, 0.2) is 5.13 Å². The number of nitrogens with one attached hydrogen (secondary N) is 2. The summed E-state index contributed by atoms with van der Waals surface area (Å²) in [5.74, 6) is 1.15. The summed E-state index contributed by atoms with van der Waals surface area (Å²) >= 11 is 1.28. The molecule has 0 bridgehead atoms. The molecule has 0 aliphatic carbocycles. The summed E-state index contributed by atoms with van der Waals surface area (Å²) in [6.07, 6.45) is 8.30. The maximum absolute atomic E-state index is 13.6. The van der Waals surface area contributed by atoms with E-state index in [1.165, 1.54) is 23.5 Å². The Morgan fingerprint density at radius 1 is 1.04 bits per heavy atom. The number of aromatic nitrogens is 5. The molecule has 2 aliphatic heterocycles. The van der Waals surface area contributed by atoms with Crippen LogP contribution in [-0.2, 0) is 6.42 Å². The number of hydrogen-bond acceptors (Lipinski definition) is 10. The lowest BCUT2D eigenvalue weighted by atomic mass is 10.1. The third-order valence-corrected chi connectivity index (χ3v) is 9.96. The summed E-state index contributed by atoms with van der Waals surface area (Å²) in [5.41, 5.74) is 4.67. The first-order chi connectivity index (χ1) is 23.4. The monoisotopic (exact) mass is 665 g/mol. The Morgan fingerprint density at radius 3 is 2.44 bits per heavy atom. The second-order valence-electron chi connectivity index (χ2n) is 12.0. The van der Waals surface area contributed by atoms with Crippen LogP contribution in [0.25, 0.3) is 28.0 Å². The van der Waals surface area contributed by atoms with Crippen molar-refractivity contribution in [1.29, 1.82) is 5.26 Å². The number of piperidine rings is 1. The molecule has 6 heterocycles. The van der Waals surface area contributed by atoms with Crippen LogP contribution in [0.4, 0.5) is 26.1 Å². The lowest BCUT2D eigenvalue weighted by Gasteiger charge is -2.36. The largest absolute Gasteiger partial charge is 0.337 e. The molecule has 2 amide bonds. The summed E-state index contributed by atoms with van der Waals surface area (Å²) in [5, 5.41) is 17.0. The minimum Gasteiger partial charge on any atom is -0.337 e. The third kappa shape index (κ3) is 6.26. The molecule has 2 N–H and O–H groups in total. The van der Waals surface area contributed by atoms with E-state index >= 15 is 0 Å². The standard InChI is InChI=1S/C34H36FN11OS/c1-3-27-31(43(2)34-42-30(28(18-36)48-34)22-4-7-25(35)8-5-22)46-21-23(6-9-29(46)41-27)24-19-38-32(39-20-24)44-14-16-45(17-15-44)33(47)40-26-10-12-37-13-11-26/h4-9,19-21,26,37H,3,10-17H2,1-2H3,(H,40,47). The number of carbonyl (C=O) groups excluding carboxylic acids is 1. The van der Waals surface area contributed by atoms with Gasteiger partial charge in [-0.1, -0.05) is 18.3 Å². The Balaban J connectivity index is 1.09. The van der Waals surface area contributed by atoms with Crippen molar-refractivity contribution >= 4 is 39.9 Å². The number of aryl methyl sites for hydroxylation is 1. The van der Waals surface area contributed by atoms with Gasteiger partial charge in [-0.15, -0.1) is 0 Å². The van der Waals surface area contributed by atoms with E-state index in [4.69, 9.17) is 19.9 Å². The predicted molar refractivity (Wildman–Crippen MR) is 184 cm³/mol. The van der Waals surface area contributed by atoms with Crippen LogP contribution >= 0.6 is 11.3 Å². The average Bonchev–Trinajstić information content (AvgIpc) is 3.74. The molecule has 2 aliphatic rings. The number of anilines is 3. The van der Waals surface area contributed by atoms with Crippen LogP contribution in [-0.4, -0.2) is 87.6 Å². The van der Waals surface area contributed by atoms with E-state index in [2.05, 4.69) is 28.5 Å². The molecule has 246 valence electrons. The lowest BCUT2D eigenvalue weighted by molar-refractivity contribution is 0.187. The van der Waals surface area contributed by atoms with E-state index in [1.807, 2.05) is 52.0 Å². The fourth-order valence-electron chi connectivity index (χ4n) is 6.24. The first-order valence-electron chi connectivity index (χ1n) is 16.2. The van der Waals surface area contributed by atoms with E-state index in [0.29, 0.717) is 59.8 Å². The minimum atomic E-state index is -0.342. The van der Waals surface area contributed by atoms with Gasteiger partial charge in [-0.25, -0.2) is 29.1 Å². The topological polar surface area (TPSA) is 131 Å². The highest BCUT2D eigenvalue weighted by Gasteiger charge is 2.26. The number of piperazine rings is 1. The van der Waals surface area contributed by atoms with E-state index in [9.17, 15) is 14.4 Å². The number of pyridine rings is 1. The Morgan fingerprint density at radius 2 is 1.75 bits per heavy atom. The molecule has 0 atom stereocenters. The zero-order valence-electron chi connectivity index (χ0n) is 26.9. The fourth-order valence-corrected chi connectivity index (χ4v) is 7.09. The van der Waals surface area contributed by atoms with Gasteiger partial charge in [0.25, 0.3) is 0 Å². The average molecular weight is 666 g/mol. The molecule has 0 spiro atoms. The van der Waals surface area contributed by atoms with Crippen LogP contribution in [0, 0.1) is 17.1 Å². The molecule has 0 saturated carbocycles. The summed E-state index contributed by atoms with van der Waals surface area (Å²) in [4.78, 5) is 38.2. The van der Waals surface area contributed by atoms with Crippen LogP contribution in [0.1, 0.15) is 30.3 Å². The SMILES string of the molecule is CCc1nc2ccc(-c3cnc(N4CCN(C(=O)NC5CCNCC5)CC4)nc3)cn2c1N(C)c1nc(-c2ccc(F)cc2)c(C#N)s1. The predicted octanol–water partition coefficient (Wildman–Crippen LogP) is 4.84. The maximum Gasteiger partial charge on any atom is 0.317 e. The Bertz CT molecular complexity index is 1950. The van der Waals surface area contributed by atoms with Crippen molar-refractivity contribution < 1.29 is 9.18 Å². The molecule has 5 aromatic rings. The number of nitrogens with zero attached hydrogens (tertiary/aromatic N) is 9. The number of imidazole rings is 1. The molecule has 2 saturated heterocycles. The van der Waals surface area contributed by atoms with Gasteiger partial charge in [0, 0.05) is 74.5 Å². The molecule has 0 radical (unpaired) electrons. The van der Waals surface area contributed by atoms with Crippen LogP contribution in [0.3, 0.4) is 0 Å². The van der Waals surface area contributed by atoms with Crippen molar-refractivity contribution in [3.63, 3.8) is 0 Å². The molecule has 7 rings (SSSR count). The molecule has 0 unspecified atom stereocenters. The number of carbonyl (C=O) groups is 1. The molecule has 48 heavy (non-hydrogen) atoms. The molecule has 14 heteroatoms. The number of urea groups is 1. The van der Waals surface area contributed by atoms with Crippen molar-refractivity contribution in [3.8, 4) is 28.5 Å². The molecule has 12 nitrogen and oxygen atoms in total. The normalized spacial score (nSPS) is 15.5. The van der Waals surface area contributed by atoms with E-state index in [-0.39, 0.29) is 17.9 Å². The Hall–Kier alpha value is -5.13. The van der Waals surface area contributed by atoms with E-state index < -0.39 is 0 Å². The molecule has 4 aromatic heterocycles. The second kappa shape index (κ2) is 13.5. The van der Waals surface area contributed by atoms with Crippen LogP contribution in [0.2, 0.25) is 0 Å². The first kappa shape index (κ1) is 31.5. The quantitative estimate of drug-likeness (QED) is 0.251. The van der Waals surface area contributed by atoms with E-state index in [1.54, 1.807) is 12.1 Å². The van der Waals surface area contributed by atoms with Crippen molar-refractivity contribution in [3.05, 3.63) is 71.4 Å². The number of rotatable bonds is 7. The summed E-state index contributed by atoms with van der Waals surface area (Å²) in [6, 6.07) is 12.5. The van der Waals surface area contributed by atoms with Gasteiger partial charge in [0.2, 0.25) is 5.95 Å². The summed E-state index contributed by atoms with van der Waals surface area (Å²) in [6.45, 7) is 6.52. The number of fused-ring (bicyclic) bond motifs is 1. The summed E-state index contributed by atoms with van der Waals surface area (Å²) in [7, 11) is 1.92. The molecule has 2 fully saturated rings. The Kier molecular flexibility index (Phi) is 8.88. The number of thiazole rings is 1. The number of benzene rings is 1. The van der Waals surface area contributed by atoms with Gasteiger partial charge in [0.1, 0.15) is 33.9 Å². The zero-order chi connectivity index (χ0) is 33.2. The number of halogens is 1. The van der Waals surface area contributed by atoms with Crippen LogP contribution in [0.5, 0.6) is 0 Å². The van der Waals surface area contributed by atoms with Gasteiger partial charge in [-0.05, 0) is 68.8 Å². The van der Waals surface area contributed by atoms with Crippen molar-refractivity contribution in [2.75, 3.05) is 56.1 Å². The summed E-state index contributed by atoms with van der Waals surface area (Å²) < 4.78 is 15.6. The van der Waals surface area contributed by atoms with Crippen molar-refractivity contribution in [2.24, 2.45) is 0 Å². The molecular weight excluding hydrogens is 630 g/mol. The minimum absolute atomic E-state index is 0.0117. The van der Waals surface area contributed by atoms with Gasteiger partial charge in [-0.3, -0.25) is 4.40 Å². The fraction of sp³-hybridized carbons (Fsp3) is 0.353. The molecule has 1 aromatic carbocycles. The third-order valence-electron chi connectivity index (χ3n) is 8.93. The van der Waals surface area contributed by atoms with Crippen LogP contribution < -0.4 is 20.4 Å². The van der Waals surface area contributed by atoms with Crippen molar-refractivity contribution in [2.45, 2.75) is 32.2 Å². The van der Waals surface area contributed by atoms with Gasteiger partial charge in [-0.2, -0.15) is 5.26 Å². The zero-order valence-corrected chi connectivity index (χ0v) is 27.7. The van der Waals surface area contributed by atoms with Crippen LogP contribution in [0.15, 0.2) is 55.0 Å². The number of hydrogen-bond donors (Lipinski definition) is 2. The van der Waals surface area contributed by atoms with Gasteiger partial charge < -0.3 is 25.3 Å². The van der Waals surface area contributed by atoms with Gasteiger partial charge >= 0.3 is 6.03 Å². The van der Waals surface area contributed by atoms with E-state index in [0.717, 1.165) is 54.2 Å². The van der Waals surface area contributed by atoms with Crippen molar-refractivity contribution in [1.82, 2.24) is 39.9 Å². The first-order valence-corrected chi connectivity index (χ1v) is 17.0. The highest BCUT2D eigenvalue weighted by Crippen LogP contribution is 2.37. The smallest absolute Gasteiger partial charge is 0.317 e. The maximum atomic E-state index is 13.6.